The maximum atomic E-state index is 13.1. The predicted octanol–water partition coefficient (Wildman–Crippen LogP) is 5.45. The average molecular weight is 465 g/mol. The highest BCUT2D eigenvalue weighted by molar-refractivity contribution is 5.70. The summed E-state index contributed by atoms with van der Waals surface area (Å²) in [5.74, 6) is 0.609. The zero-order valence-electron chi connectivity index (χ0n) is 20.5. The second kappa shape index (κ2) is 8.56. The molecule has 1 N–H and O–H groups in total. The van der Waals surface area contributed by atoms with E-state index in [0.29, 0.717) is 24.9 Å². The van der Waals surface area contributed by atoms with E-state index in [0.717, 1.165) is 42.4 Å². The molecule has 1 aromatic carbocycles. The van der Waals surface area contributed by atoms with Gasteiger partial charge in [0.15, 0.2) is 0 Å². The Balaban J connectivity index is 1.28. The molecule has 5 rings (SSSR count). The zero-order valence-corrected chi connectivity index (χ0v) is 20.5. The summed E-state index contributed by atoms with van der Waals surface area (Å²) in [6, 6.07) is 12.1. The van der Waals surface area contributed by atoms with Gasteiger partial charge in [-0.05, 0) is 68.7 Å². The molecule has 2 aromatic rings. The molecule has 2 saturated carbocycles. The van der Waals surface area contributed by atoms with Crippen LogP contribution >= 0.6 is 0 Å². The van der Waals surface area contributed by atoms with Crippen LogP contribution in [-0.4, -0.2) is 38.4 Å². The maximum absolute atomic E-state index is 13.1. The summed E-state index contributed by atoms with van der Waals surface area (Å²) in [7, 11) is 0. The molecule has 2 aliphatic carbocycles. The third-order valence-corrected chi connectivity index (χ3v) is 7.54. The Labute approximate surface area is 201 Å². The highest BCUT2D eigenvalue weighted by Crippen LogP contribution is 2.45. The molecule has 3 aliphatic rings. The maximum Gasteiger partial charge on any atom is 0.410 e. The number of amides is 1. The minimum atomic E-state index is -0.877. The van der Waals surface area contributed by atoms with Crippen molar-refractivity contribution < 1.29 is 14.6 Å². The highest BCUT2D eigenvalue weighted by atomic mass is 16.6. The number of rotatable bonds is 8. The first-order valence-corrected chi connectivity index (χ1v) is 12.7. The van der Waals surface area contributed by atoms with Crippen LogP contribution in [0.15, 0.2) is 47.4 Å². The molecule has 0 spiro atoms. The number of aromatic nitrogens is 1. The largest absolute Gasteiger partial charge is 0.443 e. The second-order valence-corrected chi connectivity index (χ2v) is 11.3. The monoisotopic (exact) mass is 464 g/mol. The third-order valence-electron chi connectivity index (χ3n) is 7.54. The molecule has 1 aromatic heterocycles. The molecular formula is C28H36N2O4. The number of benzene rings is 1. The number of carbonyl (C=O) groups is 1. The highest BCUT2D eigenvalue weighted by Gasteiger charge is 2.47. The van der Waals surface area contributed by atoms with E-state index in [2.05, 4.69) is 0 Å². The van der Waals surface area contributed by atoms with Crippen LogP contribution in [0.5, 0.6) is 0 Å². The van der Waals surface area contributed by atoms with Crippen molar-refractivity contribution in [3.63, 3.8) is 0 Å². The van der Waals surface area contributed by atoms with Crippen molar-refractivity contribution in [2.75, 3.05) is 6.54 Å². The molecule has 1 amide bonds. The molecular weight excluding hydrogens is 428 g/mol. The van der Waals surface area contributed by atoms with Crippen LogP contribution < -0.4 is 5.56 Å². The topological polar surface area (TPSA) is 71.8 Å². The Hall–Kier alpha value is -2.60. The van der Waals surface area contributed by atoms with Gasteiger partial charge in [0.1, 0.15) is 5.60 Å². The van der Waals surface area contributed by atoms with Crippen molar-refractivity contribution in [1.82, 2.24) is 9.47 Å². The number of hydrogen-bond donors (Lipinski definition) is 1. The third kappa shape index (κ3) is 5.07. The van der Waals surface area contributed by atoms with E-state index < -0.39 is 11.2 Å². The summed E-state index contributed by atoms with van der Waals surface area (Å²) >= 11 is 0. The summed E-state index contributed by atoms with van der Waals surface area (Å²) in [5, 5.41) is 10.5. The van der Waals surface area contributed by atoms with E-state index in [9.17, 15) is 14.7 Å². The minimum absolute atomic E-state index is 0.0502. The number of nitrogens with zero attached hydrogens (tertiary/aromatic N) is 2. The minimum Gasteiger partial charge on any atom is -0.443 e. The lowest BCUT2D eigenvalue weighted by Gasteiger charge is -2.45. The Morgan fingerprint density at radius 3 is 2.35 bits per heavy atom. The van der Waals surface area contributed by atoms with E-state index in [1.54, 1.807) is 24.8 Å². The number of aliphatic hydroxyl groups is 1. The lowest BCUT2D eigenvalue weighted by molar-refractivity contribution is -0.102. The van der Waals surface area contributed by atoms with Crippen LogP contribution in [0, 0.1) is 5.92 Å². The smallest absolute Gasteiger partial charge is 0.410 e. The molecule has 1 saturated heterocycles. The molecule has 0 bridgehead atoms. The molecule has 3 fully saturated rings. The van der Waals surface area contributed by atoms with E-state index in [1.807, 2.05) is 48.0 Å². The number of cyclic esters (lactones) is 1. The number of pyridine rings is 1. The van der Waals surface area contributed by atoms with Crippen LogP contribution in [0.4, 0.5) is 4.79 Å². The first kappa shape index (κ1) is 23.2. The number of ether oxygens (including phenoxy) is 1. The first-order chi connectivity index (χ1) is 16.1. The second-order valence-electron chi connectivity index (χ2n) is 11.3. The molecule has 2 atom stereocenters. The Bertz CT molecular complexity index is 1110. The van der Waals surface area contributed by atoms with Crippen molar-refractivity contribution in [3.8, 4) is 11.1 Å². The summed E-state index contributed by atoms with van der Waals surface area (Å²) in [4.78, 5) is 27.3. The van der Waals surface area contributed by atoms with Gasteiger partial charge < -0.3 is 19.3 Å². The van der Waals surface area contributed by atoms with E-state index in [4.69, 9.17) is 4.74 Å². The van der Waals surface area contributed by atoms with E-state index in [-0.39, 0.29) is 17.7 Å². The fourth-order valence-corrected chi connectivity index (χ4v) is 5.50. The molecule has 182 valence electrons. The molecule has 0 radical (unpaired) electrons. The van der Waals surface area contributed by atoms with Gasteiger partial charge in [-0.2, -0.15) is 0 Å². The van der Waals surface area contributed by atoms with Gasteiger partial charge in [0.2, 0.25) is 0 Å². The van der Waals surface area contributed by atoms with Crippen molar-refractivity contribution in [1.29, 1.82) is 0 Å². The normalized spacial score (nSPS) is 24.1. The molecule has 1 aliphatic heterocycles. The van der Waals surface area contributed by atoms with E-state index >= 15 is 0 Å². The standard InChI is InChI=1S/C28H36N2O4/c1-19(29-15-13-28(34-26(29)32,17-20-4-5-20)18-27(2,3)33)21-6-8-22(9-7-21)23-12-14-30(24-10-11-24)25(31)16-23/h6-9,12,14,16,19-20,24,33H,4-5,10-11,13,15,17-18H2,1-3H3. The lowest BCUT2D eigenvalue weighted by atomic mass is 9.81. The summed E-state index contributed by atoms with van der Waals surface area (Å²) in [6.07, 6.45) is 8.21. The van der Waals surface area contributed by atoms with Gasteiger partial charge in [0.25, 0.3) is 5.56 Å². The van der Waals surface area contributed by atoms with Gasteiger partial charge >= 0.3 is 6.09 Å². The first-order valence-electron chi connectivity index (χ1n) is 12.7. The van der Waals surface area contributed by atoms with Gasteiger partial charge in [-0.1, -0.05) is 37.1 Å². The summed E-state index contributed by atoms with van der Waals surface area (Å²) < 4.78 is 7.91. The van der Waals surface area contributed by atoms with Crippen LogP contribution in [0.2, 0.25) is 0 Å². The van der Waals surface area contributed by atoms with Crippen LogP contribution in [0.25, 0.3) is 11.1 Å². The van der Waals surface area contributed by atoms with Crippen molar-refractivity contribution >= 4 is 6.09 Å². The summed E-state index contributed by atoms with van der Waals surface area (Å²) in [5.41, 5.74) is 1.54. The van der Waals surface area contributed by atoms with Crippen LogP contribution in [0.3, 0.4) is 0 Å². The van der Waals surface area contributed by atoms with Crippen LogP contribution in [0.1, 0.15) is 83.4 Å². The quantitative estimate of drug-likeness (QED) is 0.564. The van der Waals surface area contributed by atoms with Crippen LogP contribution in [-0.2, 0) is 4.74 Å². The van der Waals surface area contributed by atoms with Gasteiger partial charge in [0.05, 0.1) is 11.6 Å². The van der Waals surface area contributed by atoms with Gasteiger partial charge in [0, 0.05) is 37.7 Å². The van der Waals surface area contributed by atoms with Gasteiger partial charge in [-0.15, -0.1) is 0 Å². The zero-order chi connectivity index (χ0) is 24.1. The Morgan fingerprint density at radius 2 is 1.79 bits per heavy atom. The lowest BCUT2D eigenvalue weighted by Crippen LogP contribution is -2.53. The SMILES string of the molecule is CC(c1ccc(-c2ccn(C3CC3)c(=O)c2)cc1)N1CCC(CC2CC2)(CC(C)(C)O)OC1=O. The van der Waals surface area contributed by atoms with Gasteiger partial charge in [-0.3, -0.25) is 4.79 Å². The van der Waals surface area contributed by atoms with E-state index in [1.165, 1.54) is 12.8 Å². The molecule has 6 nitrogen and oxygen atoms in total. The van der Waals surface area contributed by atoms with Crippen molar-refractivity contribution in [2.45, 2.75) is 89.0 Å². The fourth-order valence-electron chi connectivity index (χ4n) is 5.50. The number of carbonyl (C=O) groups excluding carboxylic acids is 1. The number of hydrogen-bond acceptors (Lipinski definition) is 4. The van der Waals surface area contributed by atoms with Crippen molar-refractivity contribution in [3.05, 3.63) is 58.5 Å². The fraction of sp³-hybridized carbons (Fsp3) is 0.571. The average Bonchev–Trinajstić information content (AvgIpc) is 3.68. The molecule has 2 heterocycles. The molecule has 34 heavy (non-hydrogen) atoms. The Kier molecular flexibility index (Phi) is 5.83. The molecule has 2 unspecified atom stereocenters. The molecule has 6 heteroatoms. The Morgan fingerprint density at radius 1 is 1.09 bits per heavy atom. The summed E-state index contributed by atoms with van der Waals surface area (Å²) in [6.45, 7) is 6.22. The van der Waals surface area contributed by atoms with Gasteiger partial charge in [-0.25, -0.2) is 4.79 Å². The predicted molar refractivity (Wildman–Crippen MR) is 132 cm³/mol. The van der Waals surface area contributed by atoms with Crippen molar-refractivity contribution in [2.24, 2.45) is 5.92 Å².